The van der Waals surface area contributed by atoms with Gasteiger partial charge in [-0.25, -0.2) is 9.97 Å². The first-order valence-electron chi connectivity index (χ1n) is 5.83. The Hall–Kier alpha value is -2.96. The lowest BCUT2D eigenvalue weighted by Crippen LogP contribution is -1.96. The fraction of sp³-hybridized carbons (Fsp3) is 0.0769. The van der Waals surface area contributed by atoms with E-state index < -0.39 is 0 Å². The summed E-state index contributed by atoms with van der Waals surface area (Å²) in [6, 6.07) is 5.18. The van der Waals surface area contributed by atoms with Crippen LogP contribution in [0.2, 0.25) is 0 Å². The third-order valence-corrected chi connectivity index (χ3v) is 2.77. The number of hydrogen-bond acceptors (Lipinski definition) is 6. The first-order chi connectivity index (χ1) is 9.78. The predicted molar refractivity (Wildman–Crippen MR) is 70.6 cm³/mol. The van der Waals surface area contributed by atoms with E-state index in [1.165, 1.54) is 13.3 Å². The zero-order valence-electron chi connectivity index (χ0n) is 10.6. The Kier molecular flexibility index (Phi) is 3.00. The summed E-state index contributed by atoms with van der Waals surface area (Å²) in [5, 5.41) is 17.8. The van der Waals surface area contributed by atoms with Gasteiger partial charge in [-0.1, -0.05) is 0 Å². The molecule has 3 aromatic rings. The number of hydrogen-bond donors (Lipinski definition) is 1. The van der Waals surface area contributed by atoms with Gasteiger partial charge in [0, 0.05) is 18.5 Å². The highest BCUT2D eigenvalue weighted by Gasteiger charge is 2.10. The maximum Gasteiger partial charge on any atom is 0.251 e. The van der Waals surface area contributed by atoms with Crippen LogP contribution in [0.15, 0.2) is 43.1 Å². The van der Waals surface area contributed by atoms with Crippen molar-refractivity contribution in [2.24, 2.45) is 0 Å². The minimum atomic E-state index is 0.0724. The zero-order chi connectivity index (χ0) is 13.9. The molecule has 0 saturated carbocycles. The molecule has 100 valence electrons. The van der Waals surface area contributed by atoms with Crippen molar-refractivity contribution in [2.45, 2.75) is 0 Å². The Balaban J connectivity index is 1.98. The summed E-state index contributed by atoms with van der Waals surface area (Å²) in [5.74, 6) is 0.729. The molecule has 7 heteroatoms. The molecule has 0 unspecified atom stereocenters. The lowest BCUT2D eigenvalue weighted by molar-refractivity contribution is 0.389. The number of phenolic OH excluding ortho intramolecular Hbond substituents is 1. The molecule has 0 radical (unpaired) electrons. The van der Waals surface area contributed by atoms with Crippen LogP contribution in [0.25, 0.3) is 17.1 Å². The minimum absolute atomic E-state index is 0.0724. The highest BCUT2D eigenvalue weighted by atomic mass is 16.5. The summed E-state index contributed by atoms with van der Waals surface area (Å²) < 4.78 is 6.68. The number of ether oxygens (including phenoxy) is 1. The maximum absolute atomic E-state index is 10.1. The molecule has 0 amide bonds. The van der Waals surface area contributed by atoms with E-state index >= 15 is 0 Å². The van der Waals surface area contributed by atoms with Crippen molar-refractivity contribution in [3.8, 4) is 28.7 Å². The molecule has 2 aromatic heterocycles. The smallest absolute Gasteiger partial charge is 0.251 e. The van der Waals surface area contributed by atoms with Crippen LogP contribution in [0.1, 0.15) is 0 Å². The fourth-order valence-electron chi connectivity index (χ4n) is 1.76. The first-order valence-corrected chi connectivity index (χ1v) is 5.83. The lowest BCUT2D eigenvalue weighted by atomic mass is 10.1. The van der Waals surface area contributed by atoms with Gasteiger partial charge < -0.3 is 14.4 Å². The number of aromatic nitrogens is 5. The average Bonchev–Trinajstić information content (AvgIpc) is 3.01. The van der Waals surface area contributed by atoms with Crippen molar-refractivity contribution in [2.75, 3.05) is 7.11 Å². The Bertz CT molecular complexity index is 710. The molecule has 0 aliphatic rings. The molecule has 1 N–H and O–H groups in total. The van der Waals surface area contributed by atoms with Gasteiger partial charge in [-0.3, -0.25) is 0 Å². The molecule has 3 rings (SSSR count). The summed E-state index contributed by atoms with van der Waals surface area (Å²) in [6.45, 7) is 0. The van der Waals surface area contributed by atoms with Crippen LogP contribution in [0.3, 0.4) is 0 Å². The molecule has 0 spiro atoms. The van der Waals surface area contributed by atoms with Crippen LogP contribution < -0.4 is 4.74 Å². The first kappa shape index (κ1) is 12.1. The predicted octanol–water partition coefficient (Wildman–Crippen LogP) is 1.44. The van der Waals surface area contributed by atoms with Crippen molar-refractivity contribution < 1.29 is 9.84 Å². The largest absolute Gasteiger partial charge is 0.507 e. The number of methoxy groups -OCH3 is 1. The molecule has 7 nitrogen and oxygen atoms in total. The second-order valence-electron chi connectivity index (χ2n) is 4.00. The van der Waals surface area contributed by atoms with E-state index in [9.17, 15) is 5.11 Å². The van der Waals surface area contributed by atoms with Gasteiger partial charge in [0.15, 0.2) is 5.82 Å². The Morgan fingerprint density at radius 2 is 2.15 bits per heavy atom. The van der Waals surface area contributed by atoms with Crippen LogP contribution in [0.5, 0.6) is 11.6 Å². The van der Waals surface area contributed by atoms with Crippen molar-refractivity contribution in [3.63, 3.8) is 0 Å². The normalized spacial score (nSPS) is 10.4. The van der Waals surface area contributed by atoms with E-state index in [4.69, 9.17) is 4.74 Å². The van der Waals surface area contributed by atoms with Crippen molar-refractivity contribution in [3.05, 3.63) is 43.1 Å². The van der Waals surface area contributed by atoms with Crippen molar-refractivity contribution >= 4 is 0 Å². The topological polar surface area (TPSA) is 86.0 Å². The van der Waals surface area contributed by atoms with Gasteiger partial charge in [0.05, 0.1) is 30.9 Å². The van der Waals surface area contributed by atoms with E-state index in [0.29, 0.717) is 17.3 Å². The van der Waals surface area contributed by atoms with Crippen molar-refractivity contribution in [1.82, 2.24) is 24.7 Å². The molecular formula is C13H11N5O2. The Morgan fingerprint density at radius 1 is 1.25 bits per heavy atom. The molecule has 0 atom stereocenters. The van der Waals surface area contributed by atoms with E-state index in [1.54, 1.807) is 35.4 Å². The van der Waals surface area contributed by atoms with Crippen LogP contribution in [-0.4, -0.2) is 36.9 Å². The third kappa shape index (κ3) is 2.16. The minimum Gasteiger partial charge on any atom is -0.507 e. The molecular weight excluding hydrogens is 258 g/mol. The van der Waals surface area contributed by atoms with E-state index in [2.05, 4.69) is 20.2 Å². The second-order valence-corrected chi connectivity index (χ2v) is 4.00. The number of rotatable bonds is 3. The van der Waals surface area contributed by atoms with Crippen LogP contribution in [-0.2, 0) is 0 Å². The van der Waals surface area contributed by atoms with Crippen LogP contribution in [0.4, 0.5) is 0 Å². The highest BCUT2D eigenvalue weighted by molar-refractivity contribution is 5.65. The van der Waals surface area contributed by atoms with Crippen LogP contribution >= 0.6 is 0 Å². The van der Waals surface area contributed by atoms with Gasteiger partial charge in [0.2, 0.25) is 0 Å². The van der Waals surface area contributed by atoms with Gasteiger partial charge in [-0.2, -0.15) is 0 Å². The molecule has 0 aliphatic carbocycles. The van der Waals surface area contributed by atoms with E-state index in [0.717, 1.165) is 5.69 Å². The Labute approximate surface area is 114 Å². The van der Waals surface area contributed by atoms with Gasteiger partial charge in [-0.05, 0) is 12.1 Å². The summed E-state index contributed by atoms with van der Waals surface area (Å²) in [4.78, 5) is 8.06. The van der Waals surface area contributed by atoms with Gasteiger partial charge >= 0.3 is 0 Å². The van der Waals surface area contributed by atoms with E-state index in [-0.39, 0.29) is 5.75 Å². The van der Waals surface area contributed by atoms with Crippen molar-refractivity contribution in [1.29, 1.82) is 0 Å². The van der Waals surface area contributed by atoms with Crippen LogP contribution in [0, 0.1) is 0 Å². The summed E-state index contributed by atoms with van der Waals surface area (Å²) in [5.41, 5.74) is 1.30. The Morgan fingerprint density at radius 3 is 2.75 bits per heavy atom. The number of phenols is 1. The zero-order valence-corrected chi connectivity index (χ0v) is 10.6. The summed E-state index contributed by atoms with van der Waals surface area (Å²) in [6.07, 6.45) is 6.56. The molecule has 0 saturated heterocycles. The number of benzene rings is 1. The molecule has 1 aromatic carbocycles. The maximum atomic E-state index is 10.1. The number of aromatic hydroxyl groups is 1. The van der Waals surface area contributed by atoms with Gasteiger partial charge in [-0.15, -0.1) is 10.2 Å². The standard InChI is InChI=1S/C13H11N5O2/c1-20-12-7-15-13(17-16-12)10-3-2-9(6-11(10)19)18-5-4-14-8-18/h2-8,19H,1H3. The van der Waals surface area contributed by atoms with Gasteiger partial charge in [0.25, 0.3) is 5.88 Å². The second kappa shape index (κ2) is 4.96. The SMILES string of the molecule is COc1cnc(-c2ccc(-n3ccnc3)cc2O)nn1. The number of nitrogens with zero attached hydrogens (tertiary/aromatic N) is 5. The average molecular weight is 269 g/mol. The fourth-order valence-corrected chi connectivity index (χ4v) is 1.76. The number of imidazole rings is 1. The molecule has 0 aliphatic heterocycles. The summed E-state index contributed by atoms with van der Waals surface area (Å²) >= 11 is 0. The summed E-state index contributed by atoms with van der Waals surface area (Å²) in [7, 11) is 1.49. The molecule has 2 heterocycles. The van der Waals surface area contributed by atoms with E-state index in [1.807, 2.05) is 6.07 Å². The lowest BCUT2D eigenvalue weighted by Gasteiger charge is -2.06. The molecule has 0 fully saturated rings. The third-order valence-electron chi connectivity index (χ3n) is 2.77. The highest BCUT2D eigenvalue weighted by Crippen LogP contribution is 2.28. The molecule has 0 bridgehead atoms. The molecule has 20 heavy (non-hydrogen) atoms. The quantitative estimate of drug-likeness (QED) is 0.774. The monoisotopic (exact) mass is 269 g/mol. The van der Waals surface area contributed by atoms with Gasteiger partial charge in [0.1, 0.15) is 5.75 Å².